The number of amides is 3. The van der Waals surface area contributed by atoms with Gasteiger partial charge < -0.3 is 20.7 Å². The fourth-order valence-corrected chi connectivity index (χ4v) is 3.93. The Labute approximate surface area is 177 Å². The second-order valence-electron chi connectivity index (χ2n) is 8.00. The Morgan fingerprint density at radius 2 is 1.57 bits per heavy atom. The molecular weight excluding hydrogens is 386 g/mol. The summed E-state index contributed by atoms with van der Waals surface area (Å²) < 4.78 is 5.15. The maximum atomic E-state index is 12.5. The van der Waals surface area contributed by atoms with Gasteiger partial charge in [0.25, 0.3) is 5.91 Å². The second kappa shape index (κ2) is 10.2. The van der Waals surface area contributed by atoms with E-state index in [0.717, 1.165) is 41.6 Å². The van der Waals surface area contributed by atoms with E-state index in [1.54, 1.807) is 0 Å². The van der Waals surface area contributed by atoms with Crippen molar-refractivity contribution in [1.29, 1.82) is 0 Å². The van der Waals surface area contributed by atoms with Gasteiger partial charge in [0, 0.05) is 12.6 Å². The highest BCUT2D eigenvalue weighted by Crippen LogP contribution is 2.29. The number of aryl methyl sites for hydroxylation is 3. The highest BCUT2D eigenvalue weighted by Gasteiger charge is 2.42. The van der Waals surface area contributed by atoms with Crippen LogP contribution in [0.15, 0.2) is 12.1 Å². The minimum Gasteiger partial charge on any atom is -0.454 e. The minimum atomic E-state index is -1.07. The molecule has 0 spiro atoms. The van der Waals surface area contributed by atoms with Crippen LogP contribution in [-0.2, 0) is 23.9 Å². The van der Waals surface area contributed by atoms with Crippen molar-refractivity contribution in [2.45, 2.75) is 65.3 Å². The van der Waals surface area contributed by atoms with Crippen LogP contribution >= 0.6 is 0 Å². The lowest BCUT2D eigenvalue weighted by molar-refractivity contribution is -0.158. The first-order valence-electron chi connectivity index (χ1n) is 10.2. The standard InChI is InChI=1S/C22H31N3O5/c1-14-10-15(2)20(16(3)11-14)24-18(27)12-23-19(28)13-30-21(29)22(25-17(4)26)8-6-5-7-9-22/h10-11H,5-9,12-13H2,1-4H3,(H,23,28)(H,24,27)(H,25,26). The monoisotopic (exact) mass is 417 g/mol. The van der Waals surface area contributed by atoms with E-state index in [1.165, 1.54) is 6.92 Å². The molecule has 3 N–H and O–H groups in total. The molecule has 0 aliphatic heterocycles. The van der Waals surface area contributed by atoms with Crippen LogP contribution in [0, 0.1) is 20.8 Å². The summed E-state index contributed by atoms with van der Waals surface area (Å²) in [5.41, 5.74) is 2.64. The molecule has 1 aromatic carbocycles. The van der Waals surface area contributed by atoms with E-state index in [1.807, 2.05) is 32.9 Å². The topological polar surface area (TPSA) is 114 Å². The molecule has 2 rings (SSSR count). The molecule has 3 amide bonds. The third kappa shape index (κ3) is 6.30. The first kappa shape index (κ1) is 23.4. The van der Waals surface area contributed by atoms with Crippen molar-refractivity contribution >= 4 is 29.4 Å². The zero-order valence-corrected chi connectivity index (χ0v) is 18.1. The molecule has 0 unspecified atom stereocenters. The van der Waals surface area contributed by atoms with E-state index in [9.17, 15) is 19.2 Å². The molecule has 1 saturated carbocycles. The number of carbonyl (C=O) groups excluding carboxylic acids is 4. The molecule has 30 heavy (non-hydrogen) atoms. The molecule has 1 fully saturated rings. The summed E-state index contributed by atoms with van der Waals surface area (Å²) in [7, 11) is 0. The smallest absolute Gasteiger partial charge is 0.332 e. The maximum Gasteiger partial charge on any atom is 0.332 e. The molecule has 8 nitrogen and oxygen atoms in total. The van der Waals surface area contributed by atoms with Gasteiger partial charge in [-0.2, -0.15) is 0 Å². The molecule has 1 aromatic rings. The number of anilines is 1. The Kier molecular flexibility index (Phi) is 7.97. The minimum absolute atomic E-state index is 0.236. The van der Waals surface area contributed by atoms with Crippen LogP contribution in [0.5, 0.6) is 0 Å². The largest absolute Gasteiger partial charge is 0.454 e. The normalized spacial score (nSPS) is 15.1. The van der Waals surface area contributed by atoms with Crippen molar-refractivity contribution in [1.82, 2.24) is 10.6 Å². The van der Waals surface area contributed by atoms with Crippen LogP contribution < -0.4 is 16.0 Å². The summed E-state index contributed by atoms with van der Waals surface area (Å²) in [6.07, 6.45) is 3.58. The molecule has 1 aliphatic carbocycles. The summed E-state index contributed by atoms with van der Waals surface area (Å²) in [6.45, 7) is 6.41. The van der Waals surface area contributed by atoms with E-state index < -0.39 is 24.0 Å². The summed E-state index contributed by atoms with van der Waals surface area (Å²) in [5.74, 6) is -1.86. The second-order valence-corrected chi connectivity index (χ2v) is 8.00. The lowest BCUT2D eigenvalue weighted by Gasteiger charge is -2.35. The number of rotatable bonds is 7. The molecule has 0 heterocycles. The molecule has 8 heteroatoms. The number of ether oxygens (including phenoxy) is 1. The van der Waals surface area contributed by atoms with E-state index in [4.69, 9.17) is 4.74 Å². The Hall–Kier alpha value is -2.90. The third-order valence-corrected chi connectivity index (χ3v) is 5.24. The quantitative estimate of drug-likeness (QED) is 0.588. The first-order chi connectivity index (χ1) is 14.1. The summed E-state index contributed by atoms with van der Waals surface area (Å²) >= 11 is 0. The molecule has 0 bridgehead atoms. The fraction of sp³-hybridized carbons (Fsp3) is 0.545. The van der Waals surface area contributed by atoms with Crippen LogP contribution in [-0.4, -0.2) is 42.4 Å². The summed E-state index contributed by atoms with van der Waals surface area (Å²) in [5, 5.41) is 7.95. The lowest BCUT2D eigenvalue weighted by atomic mass is 9.81. The van der Waals surface area contributed by atoms with Gasteiger partial charge in [-0.25, -0.2) is 4.79 Å². The molecular formula is C22H31N3O5. The van der Waals surface area contributed by atoms with Gasteiger partial charge in [-0.15, -0.1) is 0 Å². The van der Waals surface area contributed by atoms with Gasteiger partial charge in [-0.3, -0.25) is 14.4 Å². The predicted molar refractivity (Wildman–Crippen MR) is 113 cm³/mol. The average molecular weight is 418 g/mol. The Morgan fingerprint density at radius 1 is 0.967 bits per heavy atom. The third-order valence-electron chi connectivity index (χ3n) is 5.24. The fourth-order valence-electron chi connectivity index (χ4n) is 3.93. The van der Waals surface area contributed by atoms with Gasteiger partial charge in [0.2, 0.25) is 11.8 Å². The van der Waals surface area contributed by atoms with E-state index >= 15 is 0 Å². The van der Waals surface area contributed by atoms with Crippen LogP contribution in [0.3, 0.4) is 0 Å². The van der Waals surface area contributed by atoms with Crippen LogP contribution in [0.4, 0.5) is 5.69 Å². The van der Waals surface area contributed by atoms with E-state index in [2.05, 4.69) is 16.0 Å². The number of benzene rings is 1. The average Bonchev–Trinajstić information content (AvgIpc) is 2.67. The zero-order valence-electron chi connectivity index (χ0n) is 18.1. The summed E-state index contributed by atoms with van der Waals surface area (Å²) in [4.78, 5) is 48.3. The van der Waals surface area contributed by atoms with Gasteiger partial charge in [0.05, 0.1) is 6.54 Å². The number of esters is 1. The molecule has 164 valence electrons. The molecule has 0 saturated heterocycles. The van der Waals surface area contributed by atoms with Crippen molar-refractivity contribution in [3.8, 4) is 0 Å². The zero-order chi connectivity index (χ0) is 22.3. The van der Waals surface area contributed by atoms with E-state index in [0.29, 0.717) is 12.8 Å². The highest BCUT2D eigenvalue weighted by atomic mass is 16.5. The predicted octanol–water partition coefficient (Wildman–Crippen LogP) is 2.05. The van der Waals surface area contributed by atoms with Crippen molar-refractivity contribution < 1.29 is 23.9 Å². The molecule has 0 radical (unpaired) electrons. The van der Waals surface area contributed by atoms with Crippen molar-refractivity contribution in [3.63, 3.8) is 0 Å². The van der Waals surface area contributed by atoms with Crippen LogP contribution in [0.1, 0.15) is 55.7 Å². The number of nitrogens with one attached hydrogen (secondary N) is 3. The Morgan fingerprint density at radius 3 is 2.13 bits per heavy atom. The Bertz CT molecular complexity index is 805. The molecule has 0 aromatic heterocycles. The number of hydrogen-bond donors (Lipinski definition) is 3. The van der Waals surface area contributed by atoms with Crippen molar-refractivity contribution in [3.05, 3.63) is 28.8 Å². The van der Waals surface area contributed by atoms with E-state index in [-0.39, 0.29) is 18.4 Å². The number of carbonyl (C=O) groups is 4. The van der Waals surface area contributed by atoms with Gasteiger partial charge in [0.15, 0.2) is 6.61 Å². The van der Waals surface area contributed by atoms with Gasteiger partial charge in [-0.05, 0) is 44.7 Å². The van der Waals surface area contributed by atoms with Gasteiger partial charge >= 0.3 is 5.97 Å². The molecule has 0 atom stereocenters. The molecule has 1 aliphatic rings. The first-order valence-corrected chi connectivity index (χ1v) is 10.2. The van der Waals surface area contributed by atoms with Gasteiger partial charge in [-0.1, -0.05) is 37.0 Å². The lowest BCUT2D eigenvalue weighted by Crippen LogP contribution is -2.56. The highest BCUT2D eigenvalue weighted by molar-refractivity contribution is 5.96. The van der Waals surface area contributed by atoms with Gasteiger partial charge in [0.1, 0.15) is 5.54 Å². The van der Waals surface area contributed by atoms with Crippen molar-refractivity contribution in [2.75, 3.05) is 18.5 Å². The summed E-state index contributed by atoms with van der Waals surface area (Å²) in [6, 6.07) is 3.94. The number of hydrogen-bond acceptors (Lipinski definition) is 5. The van der Waals surface area contributed by atoms with Crippen molar-refractivity contribution in [2.24, 2.45) is 0 Å². The van der Waals surface area contributed by atoms with Crippen LogP contribution in [0.25, 0.3) is 0 Å². The SMILES string of the molecule is CC(=O)NC1(C(=O)OCC(=O)NCC(=O)Nc2c(C)cc(C)cc2C)CCCCC1. The maximum absolute atomic E-state index is 12.5. The Balaban J connectivity index is 1.83. The van der Waals surface area contributed by atoms with Crippen LogP contribution in [0.2, 0.25) is 0 Å².